The number of nitrogens with one attached hydrogen (secondary N) is 1. The number of allylic oxidation sites excluding steroid dienone is 4. The van der Waals surface area contributed by atoms with Crippen LogP contribution in [-0.2, 0) is 34.1 Å². The molecule has 0 aromatic rings. The zero-order chi connectivity index (χ0) is 21.2. The molecule has 5 aliphatic rings. The van der Waals surface area contributed by atoms with Crippen molar-refractivity contribution in [1.29, 1.82) is 10.7 Å². The monoisotopic (exact) mass is 518 g/mol. The molecule has 0 unspecified atom stereocenters. The van der Waals surface area contributed by atoms with Gasteiger partial charge in [-0.05, 0) is 133 Å². The summed E-state index contributed by atoms with van der Waals surface area (Å²) < 4.78 is 0. The fourth-order valence-electron chi connectivity index (χ4n) is 3.20. The standard InChI is InChI=1S/C17H12N2S.2C5H5.2Fe/c1-20-17-15(12-8-4-5-9-12)14(11-6-2-3-7-11)13(10-18)16(17)19;2*1-2-4-5-3-1;;/h2-9,19H,1H3;2*1-5H;;/q;;;2*+2. The van der Waals surface area contributed by atoms with E-state index in [0.717, 1.165) is 27.9 Å². The summed E-state index contributed by atoms with van der Waals surface area (Å²) in [5.74, 6) is 2.08. The van der Waals surface area contributed by atoms with Crippen LogP contribution in [0.25, 0.3) is 0 Å². The average molecular weight is 518 g/mol. The van der Waals surface area contributed by atoms with Crippen molar-refractivity contribution in [2.75, 3.05) is 6.26 Å². The van der Waals surface area contributed by atoms with Gasteiger partial charge < -0.3 is 0 Å². The van der Waals surface area contributed by atoms with Gasteiger partial charge in [-0.25, -0.2) is 0 Å². The van der Waals surface area contributed by atoms with E-state index in [2.05, 4.69) is 6.07 Å². The maximum atomic E-state index is 9.45. The van der Waals surface area contributed by atoms with Crippen molar-refractivity contribution < 1.29 is 34.1 Å². The van der Waals surface area contributed by atoms with Crippen LogP contribution in [0.3, 0.4) is 0 Å². The summed E-state index contributed by atoms with van der Waals surface area (Å²) >= 11 is 1.53. The van der Waals surface area contributed by atoms with E-state index in [0.29, 0.717) is 11.3 Å². The SMILES string of the molecule is CSC1=C([C]2[CH][CH][CH][CH]2)C([C]2[CH][CH][CH][CH]2)=C(C#N)C1=N.[CH]1[CH][CH][CH][CH]1.[CH]1[CH][CH][CH][CH]1.[Fe+2].[Fe+2]. The Bertz CT molecular complexity index is 647. The molecule has 0 saturated heterocycles. The molecule has 0 heterocycles. The minimum absolute atomic E-state index is 0. The summed E-state index contributed by atoms with van der Waals surface area (Å²) in [6, 6.07) is 2.21. The first-order valence-corrected chi connectivity index (χ1v) is 10.8. The first-order chi connectivity index (χ1) is 14.8. The van der Waals surface area contributed by atoms with Crippen molar-refractivity contribution in [3.63, 3.8) is 0 Å². The molecule has 5 heteroatoms. The molecular formula is C27H22Fe2N2S+4. The van der Waals surface area contributed by atoms with Gasteiger partial charge in [0.15, 0.2) is 0 Å². The van der Waals surface area contributed by atoms with E-state index in [1.165, 1.54) is 11.8 Å². The molecule has 158 valence electrons. The van der Waals surface area contributed by atoms with Gasteiger partial charge in [-0.2, -0.15) is 5.26 Å². The predicted octanol–water partition coefficient (Wildman–Crippen LogP) is 5.31. The number of nitriles is 1. The van der Waals surface area contributed by atoms with Gasteiger partial charge in [-0.3, -0.25) is 5.41 Å². The van der Waals surface area contributed by atoms with Crippen LogP contribution in [0.4, 0.5) is 0 Å². The summed E-state index contributed by atoms with van der Waals surface area (Å²) in [7, 11) is 0. The third-order valence-electron chi connectivity index (χ3n) is 4.53. The van der Waals surface area contributed by atoms with Crippen LogP contribution in [-0.4, -0.2) is 12.0 Å². The molecule has 0 atom stereocenters. The van der Waals surface area contributed by atoms with Crippen LogP contribution in [0.15, 0.2) is 21.6 Å². The molecule has 4 fully saturated rings. The van der Waals surface area contributed by atoms with Crippen LogP contribution in [0.2, 0.25) is 0 Å². The van der Waals surface area contributed by atoms with Crippen LogP contribution >= 0.6 is 11.8 Å². The van der Waals surface area contributed by atoms with Crippen molar-refractivity contribution in [3.05, 3.63) is 149 Å². The average Bonchev–Trinajstić information content (AvgIpc) is 3.58. The number of rotatable bonds is 3. The van der Waals surface area contributed by atoms with E-state index >= 15 is 0 Å². The number of nitrogens with zero attached hydrogens (tertiary/aromatic N) is 1. The van der Waals surface area contributed by atoms with Crippen molar-refractivity contribution >= 4 is 17.5 Å². The molecular weight excluding hydrogens is 496 g/mol. The Morgan fingerprint density at radius 2 is 0.969 bits per heavy atom. The Hall–Kier alpha value is 0.0290. The summed E-state index contributed by atoms with van der Waals surface area (Å²) in [5.41, 5.74) is 2.71. The van der Waals surface area contributed by atoms with Gasteiger partial charge in [0.05, 0.1) is 11.3 Å². The summed E-state index contributed by atoms with van der Waals surface area (Å²) in [4.78, 5) is 0.879. The zero-order valence-corrected chi connectivity index (χ0v) is 20.5. The Morgan fingerprint density at radius 1 is 0.625 bits per heavy atom. The second-order valence-electron chi connectivity index (χ2n) is 6.42. The Morgan fingerprint density at radius 3 is 1.28 bits per heavy atom. The van der Waals surface area contributed by atoms with Crippen LogP contribution in [0.1, 0.15) is 0 Å². The second kappa shape index (κ2) is 16.6. The fraction of sp³-hybridized carbons (Fsp3) is 0.0370. The normalized spacial score (nSPS) is 23.2. The minimum Gasteiger partial charge on any atom is -0.298 e. The summed E-state index contributed by atoms with van der Waals surface area (Å²) in [6.07, 6.45) is 37.9. The van der Waals surface area contributed by atoms with E-state index in [9.17, 15) is 5.26 Å². The van der Waals surface area contributed by atoms with E-state index in [4.69, 9.17) is 5.41 Å². The maximum Gasteiger partial charge on any atom is 2.00 e. The molecule has 1 N–H and O–H groups in total. The summed E-state index contributed by atoms with van der Waals surface area (Å²) in [6.45, 7) is 0. The minimum atomic E-state index is 0. The molecule has 0 aromatic carbocycles. The Balaban J connectivity index is 0.000000353. The number of hydrogen-bond donors (Lipinski definition) is 1. The smallest absolute Gasteiger partial charge is 0.298 e. The van der Waals surface area contributed by atoms with Crippen LogP contribution in [0, 0.1) is 144 Å². The number of thioether (sulfide) groups is 1. The van der Waals surface area contributed by atoms with Gasteiger partial charge in [0.25, 0.3) is 0 Å². The van der Waals surface area contributed by atoms with Crippen LogP contribution in [0.5, 0.6) is 0 Å². The van der Waals surface area contributed by atoms with Gasteiger partial charge in [0.1, 0.15) is 6.07 Å². The van der Waals surface area contributed by atoms with Gasteiger partial charge in [0.2, 0.25) is 0 Å². The molecule has 4 saturated carbocycles. The second-order valence-corrected chi connectivity index (χ2v) is 7.23. The van der Waals surface area contributed by atoms with Crippen molar-refractivity contribution in [2.24, 2.45) is 0 Å². The third kappa shape index (κ3) is 8.06. The van der Waals surface area contributed by atoms with Crippen molar-refractivity contribution in [1.82, 2.24) is 0 Å². The Kier molecular flexibility index (Phi) is 15.6. The molecule has 5 aliphatic carbocycles. The molecule has 5 rings (SSSR count). The maximum absolute atomic E-state index is 9.45. The molecule has 0 amide bonds. The molecule has 32 heavy (non-hydrogen) atoms. The number of hydrogen-bond acceptors (Lipinski definition) is 3. The molecule has 20 radical (unpaired) electrons. The fourth-order valence-corrected chi connectivity index (χ4v) is 3.94. The van der Waals surface area contributed by atoms with Gasteiger partial charge in [0, 0.05) is 16.7 Å². The van der Waals surface area contributed by atoms with Crippen LogP contribution < -0.4 is 0 Å². The molecule has 2 nitrogen and oxygen atoms in total. The van der Waals surface area contributed by atoms with E-state index in [-0.39, 0.29) is 34.1 Å². The van der Waals surface area contributed by atoms with Gasteiger partial charge in [-0.15, -0.1) is 11.8 Å². The summed E-state index contributed by atoms with van der Waals surface area (Å²) in [5, 5.41) is 17.7. The molecule has 0 aliphatic heterocycles. The van der Waals surface area contributed by atoms with Gasteiger partial charge in [-0.1, -0.05) is 0 Å². The van der Waals surface area contributed by atoms with Crippen molar-refractivity contribution in [3.8, 4) is 6.07 Å². The van der Waals surface area contributed by atoms with E-state index in [1.807, 2.05) is 122 Å². The van der Waals surface area contributed by atoms with E-state index in [1.54, 1.807) is 0 Å². The predicted molar refractivity (Wildman–Crippen MR) is 125 cm³/mol. The first-order valence-electron chi connectivity index (χ1n) is 9.57. The van der Waals surface area contributed by atoms with Crippen molar-refractivity contribution in [2.45, 2.75) is 0 Å². The largest absolute Gasteiger partial charge is 2.00 e. The third-order valence-corrected chi connectivity index (χ3v) is 5.35. The Labute approximate surface area is 222 Å². The molecule has 0 aromatic heterocycles. The zero-order valence-electron chi connectivity index (χ0n) is 17.5. The first kappa shape index (κ1) is 30.1. The van der Waals surface area contributed by atoms with E-state index < -0.39 is 0 Å². The quantitative estimate of drug-likeness (QED) is 0.516. The topological polar surface area (TPSA) is 47.6 Å². The molecule has 0 spiro atoms. The molecule has 0 bridgehead atoms. The van der Waals surface area contributed by atoms with Gasteiger partial charge >= 0.3 is 34.1 Å².